The predicted molar refractivity (Wildman–Crippen MR) is 52.8 cm³/mol. The summed E-state index contributed by atoms with van der Waals surface area (Å²) in [6, 6.07) is 0. The van der Waals surface area contributed by atoms with E-state index in [2.05, 4.69) is 40.2 Å². The molecule has 0 bridgehead atoms. The summed E-state index contributed by atoms with van der Waals surface area (Å²) in [6.45, 7) is 11.1. The van der Waals surface area contributed by atoms with E-state index in [4.69, 9.17) is 0 Å². The molecule has 2 atom stereocenters. The third-order valence-corrected chi connectivity index (χ3v) is 2.77. The van der Waals surface area contributed by atoms with Gasteiger partial charge in [0.05, 0.1) is 0 Å². The molecule has 10 heavy (non-hydrogen) atoms. The second-order valence-corrected chi connectivity index (χ2v) is 3.62. The highest BCUT2D eigenvalue weighted by Crippen LogP contribution is 2.27. The van der Waals surface area contributed by atoms with Gasteiger partial charge in [-0.15, -0.1) is 0 Å². The Morgan fingerprint density at radius 2 is 1.80 bits per heavy atom. The Morgan fingerprint density at radius 3 is 1.90 bits per heavy atom. The summed E-state index contributed by atoms with van der Waals surface area (Å²) in [5.41, 5.74) is 0. The molecular weight excluding hydrogens is 139 g/mol. The van der Waals surface area contributed by atoms with E-state index in [9.17, 15) is 0 Å². The van der Waals surface area contributed by atoms with Gasteiger partial charge in [0.25, 0.3) is 0 Å². The zero-order valence-corrected chi connectivity index (χ0v) is 8.36. The first-order valence-corrected chi connectivity index (χ1v) is 4.62. The fourth-order valence-corrected chi connectivity index (χ4v) is 1.59. The first-order chi connectivity index (χ1) is 4.63. The largest absolute Gasteiger partial charge is 0.235 e. The van der Waals surface area contributed by atoms with Crippen LogP contribution in [0.1, 0.15) is 34.1 Å². The minimum Gasteiger partial charge on any atom is -0.235 e. The summed E-state index contributed by atoms with van der Waals surface area (Å²) in [4.78, 5) is 0. The fourth-order valence-electron chi connectivity index (χ4n) is 1.11. The van der Waals surface area contributed by atoms with Crippen molar-refractivity contribution in [2.75, 3.05) is 0 Å². The van der Waals surface area contributed by atoms with E-state index in [1.165, 1.54) is 6.42 Å². The standard InChI is InChI=1S/C8H18BS/c1-5-8(9-10)7(4)6(2)3/h6-8,10H,5H2,1-4H3. The molecule has 0 rings (SSSR count). The van der Waals surface area contributed by atoms with E-state index in [0.29, 0.717) is 5.82 Å². The van der Waals surface area contributed by atoms with Crippen molar-refractivity contribution in [2.24, 2.45) is 11.8 Å². The maximum atomic E-state index is 4.20. The van der Waals surface area contributed by atoms with E-state index >= 15 is 0 Å². The lowest BCUT2D eigenvalue weighted by atomic mass is 9.70. The summed E-state index contributed by atoms with van der Waals surface area (Å²) in [5, 5.41) is 0. The van der Waals surface area contributed by atoms with Crippen molar-refractivity contribution in [3.63, 3.8) is 0 Å². The van der Waals surface area contributed by atoms with Gasteiger partial charge in [-0.2, -0.15) is 0 Å². The van der Waals surface area contributed by atoms with Crippen LogP contribution in [0.25, 0.3) is 0 Å². The Hall–Kier alpha value is 0.415. The van der Waals surface area contributed by atoms with E-state index in [1.807, 2.05) is 6.56 Å². The molecule has 0 aliphatic carbocycles. The van der Waals surface area contributed by atoms with Gasteiger partial charge in [0.2, 0.25) is 0 Å². The van der Waals surface area contributed by atoms with Gasteiger partial charge in [-0.3, -0.25) is 0 Å². The lowest BCUT2D eigenvalue weighted by Gasteiger charge is -2.23. The number of thiol groups is 1. The van der Waals surface area contributed by atoms with Crippen molar-refractivity contribution in [1.82, 2.24) is 0 Å². The van der Waals surface area contributed by atoms with Crippen LogP contribution in [0.15, 0.2) is 0 Å². The number of hydrogen-bond donors (Lipinski definition) is 1. The third kappa shape index (κ3) is 3.00. The van der Waals surface area contributed by atoms with E-state index < -0.39 is 0 Å². The topological polar surface area (TPSA) is 0 Å². The molecule has 2 heteroatoms. The molecule has 0 saturated heterocycles. The molecule has 1 radical (unpaired) electrons. The van der Waals surface area contributed by atoms with Crippen molar-refractivity contribution in [1.29, 1.82) is 0 Å². The Morgan fingerprint density at radius 1 is 1.30 bits per heavy atom. The molecule has 59 valence electrons. The smallest absolute Gasteiger partial charge is 0.190 e. The van der Waals surface area contributed by atoms with Gasteiger partial charge < -0.3 is 0 Å². The average Bonchev–Trinajstić information content (AvgIpc) is 1.90. The average molecular weight is 157 g/mol. The second kappa shape index (κ2) is 5.12. The van der Waals surface area contributed by atoms with Crippen molar-refractivity contribution in [3.05, 3.63) is 0 Å². The summed E-state index contributed by atoms with van der Waals surface area (Å²) in [5.74, 6) is 2.22. The van der Waals surface area contributed by atoms with Gasteiger partial charge in [-0.05, 0) is 11.8 Å². The number of hydrogen-bond acceptors (Lipinski definition) is 1. The molecule has 0 aromatic carbocycles. The van der Waals surface area contributed by atoms with E-state index in [1.54, 1.807) is 0 Å². The first kappa shape index (κ1) is 10.4. The minimum atomic E-state index is 0.684. The molecule has 0 aliphatic rings. The van der Waals surface area contributed by atoms with Gasteiger partial charge in [-0.25, -0.2) is 12.5 Å². The summed E-state index contributed by atoms with van der Waals surface area (Å²) < 4.78 is 0. The minimum absolute atomic E-state index is 0.684. The Bertz CT molecular complexity index is 79.3. The highest BCUT2D eigenvalue weighted by molar-refractivity contribution is 8.07. The van der Waals surface area contributed by atoms with Gasteiger partial charge in [0.15, 0.2) is 6.56 Å². The van der Waals surface area contributed by atoms with Crippen LogP contribution in [-0.4, -0.2) is 6.56 Å². The van der Waals surface area contributed by atoms with Crippen LogP contribution in [0.2, 0.25) is 5.82 Å². The number of rotatable bonds is 4. The van der Waals surface area contributed by atoms with Crippen LogP contribution in [-0.2, 0) is 0 Å². The van der Waals surface area contributed by atoms with Gasteiger partial charge >= 0.3 is 0 Å². The van der Waals surface area contributed by atoms with Crippen molar-refractivity contribution in [3.8, 4) is 0 Å². The van der Waals surface area contributed by atoms with Crippen molar-refractivity contribution >= 4 is 19.0 Å². The zero-order valence-electron chi connectivity index (χ0n) is 7.46. The molecule has 0 fully saturated rings. The quantitative estimate of drug-likeness (QED) is 0.470. The zero-order chi connectivity index (χ0) is 8.15. The normalized spacial score (nSPS) is 17.0. The molecular formula is C8H18BS. The van der Waals surface area contributed by atoms with E-state index in [0.717, 1.165) is 11.8 Å². The highest BCUT2D eigenvalue weighted by Gasteiger charge is 2.17. The third-order valence-electron chi connectivity index (χ3n) is 2.39. The van der Waals surface area contributed by atoms with Crippen LogP contribution in [0, 0.1) is 11.8 Å². The van der Waals surface area contributed by atoms with Gasteiger partial charge in [0, 0.05) is 0 Å². The lowest BCUT2D eigenvalue weighted by Crippen LogP contribution is -2.14. The monoisotopic (exact) mass is 157 g/mol. The van der Waals surface area contributed by atoms with Gasteiger partial charge in [0.1, 0.15) is 0 Å². The van der Waals surface area contributed by atoms with Crippen LogP contribution < -0.4 is 0 Å². The summed E-state index contributed by atoms with van der Waals surface area (Å²) >= 11 is 4.20. The highest BCUT2D eigenvalue weighted by atomic mass is 32.1. The maximum Gasteiger partial charge on any atom is 0.190 e. The molecule has 0 heterocycles. The van der Waals surface area contributed by atoms with E-state index in [-0.39, 0.29) is 0 Å². The Balaban J connectivity index is 3.76. The Kier molecular flexibility index (Phi) is 5.33. The Labute approximate surface area is 71.3 Å². The summed E-state index contributed by atoms with van der Waals surface area (Å²) in [7, 11) is 0. The van der Waals surface area contributed by atoms with Crippen LogP contribution in [0.5, 0.6) is 0 Å². The molecule has 0 aromatic heterocycles. The van der Waals surface area contributed by atoms with Crippen LogP contribution >= 0.6 is 12.5 Å². The van der Waals surface area contributed by atoms with Crippen molar-refractivity contribution in [2.45, 2.75) is 39.9 Å². The predicted octanol–water partition coefficient (Wildman–Crippen LogP) is 3.03. The molecule has 0 nitrogen and oxygen atoms in total. The molecule has 0 saturated carbocycles. The summed E-state index contributed by atoms with van der Waals surface area (Å²) in [6.07, 6.45) is 1.21. The lowest BCUT2D eigenvalue weighted by molar-refractivity contribution is 0.388. The fraction of sp³-hybridized carbons (Fsp3) is 1.00. The first-order valence-electron chi connectivity index (χ1n) is 4.11. The van der Waals surface area contributed by atoms with Crippen molar-refractivity contribution < 1.29 is 0 Å². The maximum absolute atomic E-state index is 4.20. The second-order valence-electron chi connectivity index (χ2n) is 3.32. The SMILES string of the molecule is CCC([B]S)C(C)C(C)C. The molecule has 0 spiro atoms. The molecule has 0 aliphatic heterocycles. The molecule has 2 unspecified atom stereocenters. The molecule has 0 N–H and O–H groups in total. The molecule has 0 aromatic rings. The molecule has 0 amide bonds. The van der Waals surface area contributed by atoms with Crippen LogP contribution in [0.3, 0.4) is 0 Å². The van der Waals surface area contributed by atoms with Crippen LogP contribution in [0.4, 0.5) is 0 Å². The van der Waals surface area contributed by atoms with Gasteiger partial charge in [-0.1, -0.05) is 39.9 Å².